The molecule has 0 bridgehead atoms. The maximum absolute atomic E-state index is 7.06. The first-order valence-electron chi connectivity index (χ1n) is 47.7. The maximum atomic E-state index is 7.06. The zero-order valence-electron chi connectivity index (χ0n) is 77.6. The molecular weight excluding hydrogens is 1870 g/mol. The van der Waals surface area contributed by atoms with Gasteiger partial charge in [-0.05, 0) is 265 Å². The summed E-state index contributed by atoms with van der Waals surface area (Å²) in [5, 5.41) is 13.4. The van der Waals surface area contributed by atoms with E-state index in [1.807, 2.05) is 89.4 Å². The molecule has 0 radical (unpaired) electrons. The number of halogens is 3. The lowest BCUT2D eigenvalue weighted by atomic mass is 9.82. The van der Waals surface area contributed by atoms with E-state index in [2.05, 4.69) is 468 Å². The van der Waals surface area contributed by atoms with E-state index in [-0.39, 0.29) is 5.41 Å². The molecule has 684 valence electrons. The molecule has 1 aliphatic carbocycles. The lowest BCUT2D eigenvalue weighted by Crippen LogP contribution is -2.17. The van der Waals surface area contributed by atoms with Gasteiger partial charge in [0.1, 0.15) is 16.7 Å². The summed E-state index contributed by atoms with van der Waals surface area (Å²) in [6, 6.07) is 173. The van der Waals surface area contributed by atoms with Crippen LogP contribution in [0, 0.1) is 0 Å². The second kappa shape index (κ2) is 37.3. The fourth-order valence-electron chi connectivity index (χ4n) is 20.7. The Hall–Kier alpha value is -16.5. The van der Waals surface area contributed by atoms with Gasteiger partial charge in [0.05, 0.1) is 26.1 Å². The van der Waals surface area contributed by atoms with Crippen LogP contribution in [0.2, 0.25) is 15.1 Å². The predicted octanol–water partition coefficient (Wildman–Crippen LogP) is 41.0. The molecule has 0 amide bonds. The first kappa shape index (κ1) is 88.0. The highest BCUT2D eigenvalue weighted by atomic mass is 35.5. The van der Waals surface area contributed by atoms with E-state index in [0.29, 0.717) is 10.0 Å². The van der Waals surface area contributed by atoms with E-state index in [1.165, 1.54) is 78.1 Å². The smallest absolute Gasteiger partial charge is 0.159 e. The number of para-hydroxylation sites is 11. The third kappa shape index (κ3) is 16.3. The monoisotopic (exact) mass is 1950 g/mol. The first-order valence-corrected chi connectivity index (χ1v) is 51.3. The van der Waals surface area contributed by atoms with Gasteiger partial charge in [-0.15, -0.1) is 34.0 Å². The highest BCUT2D eigenvalue weighted by molar-refractivity contribution is 7.27. The van der Waals surface area contributed by atoms with Crippen molar-refractivity contribution in [3.8, 4) is 11.1 Å². The van der Waals surface area contributed by atoms with E-state index in [4.69, 9.17) is 43.6 Å². The number of thiophene rings is 3. The largest absolute Gasteiger partial charge is 0.456 e. The van der Waals surface area contributed by atoms with Crippen molar-refractivity contribution in [3.63, 3.8) is 0 Å². The lowest BCUT2D eigenvalue weighted by Gasteiger charge is -2.28. The van der Waals surface area contributed by atoms with Gasteiger partial charge < -0.3 is 38.2 Å². The van der Waals surface area contributed by atoms with Crippen LogP contribution in [0.15, 0.2) is 500 Å². The van der Waals surface area contributed by atoms with Crippen molar-refractivity contribution in [3.05, 3.63) is 518 Å². The van der Waals surface area contributed by atoms with E-state index in [1.54, 1.807) is 11.3 Å². The quantitative estimate of drug-likeness (QED) is 0.0842. The summed E-state index contributed by atoms with van der Waals surface area (Å²) in [7, 11) is 0. The molecule has 0 fully saturated rings. The predicted molar refractivity (Wildman–Crippen MR) is 613 cm³/mol. The van der Waals surface area contributed by atoms with Gasteiger partial charge in [0.25, 0.3) is 0 Å². The minimum absolute atomic E-state index is 0.183. The molecule has 143 heavy (non-hydrogen) atoms. The van der Waals surface area contributed by atoms with Gasteiger partial charge in [-0.25, -0.2) is 0 Å². The summed E-state index contributed by atoms with van der Waals surface area (Å²) in [6.45, 7) is 4.70. The van der Waals surface area contributed by atoms with Crippen LogP contribution in [0.4, 0.5) is 102 Å². The Morgan fingerprint density at radius 2 is 0.552 bits per heavy atom. The molecule has 0 saturated carbocycles. The molecule has 0 spiro atoms. The van der Waals surface area contributed by atoms with E-state index < -0.39 is 0 Å². The van der Waals surface area contributed by atoms with Crippen molar-refractivity contribution in [1.82, 2.24) is 0 Å². The number of hydrogen-bond donors (Lipinski definition) is 0. The molecule has 8 nitrogen and oxygen atoms in total. The van der Waals surface area contributed by atoms with Crippen molar-refractivity contribution in [1.29, 1.82) is 0 Å². The number of benzene rings is 21. The molecule has 0 N–H and O–H groups in total. The maximum Gasteiger partial charge on any atom is 0.159 e. The van der Waals surface area contributed by atoms with E-state index in [9.17, 15) is 0 Å². The Labute approximate surface area is 854 Å². The number of rotatable bonds is 18. The minimum Gasteiger partial charge on any atom is -0.456 e. The summed E-state index contributed by atoms with van der Waals surface area (Å²) < 4.78 is 20.1. The first-order chi connectivity index (χ1) is 70.4. The molecule has 26 aromatic rings. The van der Waals surface area contributed by atoms with Gasteiger partial charge >= 0.3 is 0 Å². The van der Waals surface area contributed by atoms with Crippen molar-refractivity contribution in [2.24, 2.45) is 0 Å². The van der Waals surface area contributed by atoms with Crippen LogP contribution in [0.1, 0.15) is 25.0 Å². The Morgan fingerprint density at radius 3 is 1.05 bits per heavy atom. The van der Waals surface area contributed by atoms with Gasteiger partial charge in [-0.1, -0.05) is 291 Å². The summed E-state index contributed by atoms with van der Waals surface area (Å²) >= 11 is 26.3. The van der Waals surface area contributed by atoms with Crippen molar-refractivity contribution in [2.45, 2.75) is 19.3 Å². The van der Waals surface area contributed by atoms with Gasteiger partial charge in [0.2, 0.25) is 0 Å². The van der Waals surface area contributed by atoms with Crippen LogP contribution in [0.3, 0.4) is 0 Å². The molecule has 0 saturated heterocycles. The van der Waals surface area contributed by atoms with Gasteiger partial charge in [-0.2, -0.15) is 0 Å². The highest BCUT2D eigenvalue weighted by Gasteiger charge is 2.38. The highest BCUT2D eigenvalue weighted by Crippen LogP contribution is 2.56. The topological polar surface area (TPSA) is 45.7 Å². The molecule has 5 aromatic heterocycles. The van der Waals surface area contributed by atoms with Crippen LogP contribution in [-0.4, -0.2) is 0 Å². The summed E-state index contributed by atoms with van der Waals surface area (Å²) in [5.41, 5.74) is 27.6. The zero-order chi connectivity index (χ0) is 95.8. The summed E-state index contributed by atoms with van der Waals surface area (Å²) in [6.07, 6.45) is 0. The number of nitrogens with zero attached hydrogens (tertiary/aromatic N) is 6. The molecule has 14 heteroatoms. The number of anilines is 18. The summed E-state index contributed by atoms with van der Waals surface area (Å²) in [5.74, 6) is 0. The van der Waals surface area contributed by atoms with Crippen LogP contribution >= 0.6 is 68.8 Å². The number of hydrogen-bond acceptors (Lipinski definition) is 11. The number of furan rings is 2. The fourth-order valence-corrected chi connectivity index (χ4v) is 24.9. The number of fused-ring (bicyclic) bond motifs is 18. The fraction of sp³-hybridized carbons (Fsp3) is 0.0233. The van der Waals surface area contributed by atoms with Crippen LogP contribution < -0.4 is 29.4 Å². The molecular formula is C129H87Cl3N6O2S3. The van der Waals surface area contributed by atoms with E-state index >= 15 is 0 Å². The third-order valence-corrected chi connectivity index (χ3v) is 31.6. The second-order valence-electron chi connectivity index (χ2n) is 36.2. The van der Waals surface area contributed by atoms with Gasteiger partial charge in [-0.3, -0.25) is 0 Å². The normalized spacial score (nSPS) is 12.0. The molecule has 0 atom stereocenters. The third-order valence-electron chi connectivity index (χ3n) is 27.2. The molecule has 0 aliphatic heterocycles. The SMILES string of the molecule is CC1(C)c2ccc(N(c3ccccc3)c3ccccc3)cc2-c2ccc(N(c3ccccc3)c3cc(Cl)c4sc5ccccc5c4c3)cc21.Clc1cc(N(c2ccccc2)c2ccc3c(c2)sc2cc(N(c4ccccc4)c4ccccc4)ccc23)cc2oc3ccccc3c12.Clc1cc(N(c2ccccc2)c2ccc3sc4ccc(N(c5ccccc5)c5ccccc5)cc4c3c2)c2oc3ccccc3c2c1. The Kier molecular flexibility index (Phi) is 22.9. The summed E-state index contributed by atoms with van der Waals surface area (Å²) in [4.78, 5) is 13.8. The zero-order valence-corrected chi connectivity index (χ0v) is 82.3. The van der Waals surface area contributed by atoms with Crippen molar-refractivity contribution in [2.75, 3.05) is 29.4 Å². The Bertz CT molecular complexity index is 9150. The Morgan fingerprint density at radius 1 is 0.203 bits per heavy atom. The van der Waals surface area contributed by atoms with E-state index in [0.717, 1.165) is 156 Å². The molecule has 0 unspecified atom stereocenters. The molecule has 21 aromatic carbocycles. The van der Waals surface area contributed by atoms with Gasteiger partial charge in [0.15, 0.2) is 5.58 Å². The van der Waals surface area contributed by atoms with Crippen LogP contribution in [-0.2, 0) is 5.41 Å². The average Bonchev–Trinajstić information content (AvgIpc) is 1.57. The average molecular weight is 1960 g/mol. The lowest BCUT2D eigenvalue weighted by molar-refractivity contribution is 0.660. The van der Waals surface area contributed by atoms with Crippen LogP contribution in [0.25, 0.3) is 116 Å². The molecule has 27 rings (SSSR count). The minimum atomic E-state index is -0.183. The molecule has 1 aliphatic rings. The second-order valence-corrected chi connectivity index (χ2v) is 40.7. The van der Waals surface area contributed by atoms with Gasteiger partial charge in [0, 0.05) is 185 Å². The van der Waals surface area contributed by atoms with Crippen molar-refractivity contribution >= 4 is 276 Å². The Balaban J connectivity index is 0.000000113. The van der Waals surface area contributed by atoms with Crippen LogP contribution in [0.5, 0.6) is 0 Å². The van der Waals surface area contributed by atoms with Crippen molar-refractivity contribution < 1.29 is 8.83 Å². The standard InChI is InChI=1S/C45H33ClN2S.2C42H27ClN2OS/c1-45(2)40-25-23-33(47(30-14-6-3-7-15-30)31-16-8-4-9-17-31)26-38(40)36-24-22-34(28-41(36)45)48(32-18-10-5-11-19-32)35-27-39-37-20-12-13-21-43(37)49-44(39)42(46)29-35;43-28-24-37-34-18-10-11-19-39(34)46-42(37)38(25-28)45(31-16-8-3-9-17-31)33-21-23-41-36(27-33)35-26-32(20-22-40(35)47-41)44(29-12-4-1-5-13-29)30-14-6-2-7-15-30;43-37-24-33(25-39-42(37)36-18-10-11-19-38(36)46-39)45(30-16-8-3-9-17-30)32-21-23-35-34-22-20-31(26-40(34)47-41(35)27-32)44(28-12-4-1-5-13-28)29-14-6-2-7-15-29/h3-29H,1-2H3;2*1-27H. The molecule has 5 heterocycles.